The number of amides is 2. The normalized spacial score (nSPS) is 15.2. The van der Waals surface area contributed by atoms with Gasteiger partial charge in [0.15, 0.2) is 0 Å². The van der Waals surface area contributed by atoms with Crippen LogP contribution in [-0.2, 0) is 12.8 Å². The second-order valence-electron chi connectivity index (χ2n) is 4.32. The molecule has 0 fully saturated rings. The van der Waals surface area contributed by atoms with Gasteiger partial charge in [0, 0.05) is 5.56 Å². The molecule has 0 aliphatic heterocycles. The Kier molecular flexibility index (Phi) is 3.42. The number of hydrogen-bond acceptors (Lipinski definition) is 2. The molecule has 0 radical (unpaired) electrons. The smallest absolute Gasteiger partial charge is 0.332 e. The zero-order valence-corrected chi connectivity index (χ0v) is 9.99. The zero-order valence-electron chi connectivity index (χ0n) is 9.99. The Morgan fingerprint density at radius 2 is 2.12 bits per heavy atom. The van der Waals surface area contributed by atoms with Gasteiger partial charge in [-0.1, -0.05) is 18.2 Å². The summed E-state index contributed by atoms with van der Waals surface area (Å²) in [6, 6.07) is 5.63. The maximum absolute atomic E-state index is 10.6. The van der Waals surface area contributed by atoms with Crippen molar-refractivity contribution in [3.63, 3.8) is 0 Å². The molecule has 0 spiro atoms. The van der Waals surface area contributed by atoms with E-state index in [1.165, 1.54) is 24.0 Å². The van der Waals surface area contributed by atoms with Gasteiger partial charge < -0.3 is 5.73 Å². The van der Waals surface area contributed by atoms with Gasteiger partial charge in [0.2, 0.25) is 0 Å². The first-order valence-corrected chi connectivity index (χ1v) is 5.89. The van der Waals surface area contributed by atoms with Gasteiger partial charge in [-0.2, -0.15) is 5.10 Å². The Bertz CT molecular complexity index is 466. The summed E-state index contributed by atoms with van der Waals surface area (Å²) >= 11 is 0. The molecule has 4 nitrogen and oxygen atoms in total. The molecule has 0 bridgehead atoms. The van der Waals surface area contributed by atoms with Crippen molar-refractivity contribution in [2.24, 2.45) is 10.8 Å². The fourth-order valence-corrected chi connectivity index (χ4v) is 2.32. The molecule has 90 valence electrons. The molecular formula is C13H17N3O. The average Bonchev–Trinajstić information content (AvgIpc) is 2.35. The molecule has 0 atom stereocenters. The monoisotopic (exact) mass is 231 g/mol. The molecule has 0 saturated heterocycles. The van der Waals surface area contributed by atoms with Crippen molar-refractivity contribution in [1.29, 1.82) is 0 Å². The summed E-state index contributed by atoms with van der Waals surface area (Å²) in [6.45, 7) is 1.89. The molecule has 2 amide bonds. The first-order valence-electron chi connectivity index (χ1n) is 5.89. The van der Waals surface area contributed by atoms with Gasteiger partial charge in [-0.15, -0.1) is 0 Å². The van der Waals surface area contributed by atoms with Gasteiger partial charge in [-0.25, -0.2) is 10.2 Å². The highest BCUT2D eigenvalue weighted by Gasteiger charge is 2.14. The van der Waals surface area contributed by atoms with Crippen LogP contribution in [0.15, 0.2) is 23.3 Å². The van der Waals surface area contributed by atoms with Gasteiger partial charge in [-0.3, -0.25) is 0 Å². The van der Waals surface area contributed by atoms with Crippen LogP contribution in [0.25, 0.3) is 0 Å². The summed E-state index contributed by atoms with van der Waals surface area (Å²) in [4.78, 5) is 10.6. The summed E-state index contributed by atoms with van der Waals surface area (Å²) < 4.78 is 0. The average molecular weight is 231 g/mol. The molecule has 1 aromatic carbocycles. The molecule has 0 saturated carbocycles. The lowest BCUT2D eigenvalue weighted by molar-refractivity contribution is 0.249. The fraction of sp³-hybridized carbons (Fsp3) is 0.385. The molecule has 0 aromatic heterocycles. The van der Waals surface area contributed by atoms with Crippen molar-refractivity contribution in [3.8, 4) is 0 Å². The lowest BCUT2D eigenvalue weighted by Gasteiger charge is -2.19. The third-order valence-electron chi connectivity index (χ3n) is 3.12. The number of nitrogens with two attached hydrogens (primary N) is 1. The second kappa shape index (κ2) is 4.99. The molecule has 4 heteroatoms. The number of hydrogen-bond donors (Lipinski definition) is 2. The SMILES string of the molecule is CC(=NNC(N)=O)c1cccc2c1CCCC2. The molecule has 1 aromatic rings. The van der Waals surface area contributed by atoms with Crippen molar-refractivity contribution in [2.45, 2.75) is 32.6 Å². The molecule has 1 aliphatic carbocycles. The van der Waals surface area contributed by atoms with Crippen LogP contribution < -0.4 is 11.2 Å². The maximum Gasteiger partial charge on any atom is 0.332 e. The Hall–Kier alpha value is -1.84. The molecule has 2 rings (SSSR count). The maximum atomic E-state index is 10.6. The van der Waals surface area contributed by atoms with E-state index in [0.717, 1.165) is 24.1 Å². The number of carbonyl (C=O) groups is 1. The molecule has 0 heterocycles. The van der Waals surface area contributed by atoms with Gasteiger partial charge >= 0.3 is 6.03 Å². The number of urea groups is 1. The predicted octanol–water partition coefficient (Wildman–Crippen LogP) is 1.96. The van der Waals surface area contributed by atoms with Gasteiger partial charge in [0.1, 0.15) is 0 Å². The van der Waals surface area contributed by atoms with Gasteiger partial charge in [0.05, 0.1) is 5.71 Å². The highest BCUT2D eigenvalue weighted by molar-refractivity contribution is 6.00. The minimum atomic E-state index is -0.630. The van der Waals surface area contributed by atoms with E-state index in [1.54, 1.807) is 0 Å². The predicted molar refractivity (Wildman–Crippen MR) is 68.0 cm³/mol. The van der Waals surface area contributed by atoms with Crippen LogP contribution in [0.5, 0.6) is 0 Å². The third-order valence-corrected chi connectivity index (χ3v) is 3.12. The van der Waals surface area contributed by atoms with E-state index in [0.29, 0.717) is 0 Å². The van der Waals surface area contributed by atoms with E-state index >= 15 is 0 Å². The van der Waals surface area contributed by atoms with E-state index in [2.05, 4.69) is 16.6 Å². The van der Waals surface area contributed by atoms with Crippen LogP contribution in [0.1, 0.15) is 36.5 Å². The number of nitrogens with one attached hydrogen (secondary N) is 1. The topological polar surface area (TPSA) is 67.5 Å². The number of hydrazone groups is 1. The molecule has 0 unspecified atom stereocenters. The van der Waals surface area contributed by atoms with Crippen LogP contribution in [0, 0.1) is 0 Å². The standard InChI is InChI=1S/C13H17N3O/c1-9(15-16-13(14)17)11-8-4-6-10-5-2-3-7-12(10)11/h4,6,8H,2-3,5,7H2,1H3,(H3,14,16,17). The summed E-state index contributed by atoms with van der Waals surface area (Å²) in [5.41, 5.74) is 12.0. The van der Waals surface area contributed by atoms with Crippen molar-refractivity contribution in [2.75, 3.05) is 0 Å². The fourth-order valence-electron chi connectivity index (χ4n) is 2.32. The van der Waals surface area contributed by atoms with Crippen LogP contribution >= 0.6 is 0 Å². The minimum Gasteiger partial charge on any atom is -0.350 e. The van der Waals surface area contributed by atoms with Gasteiger partial charge in [0.25, 0.3) is 0 Å². The molecule has 3 N–H and O–H groups in total. The zero-order chi connectivity index (χ0) is 12.3. The quantitative estimate of drug-likeness (QED) is 0.593. The highest BCUT2D eigenvalue weighted by Crippen LogP contribution is 2.24. The lowest BCUT2D eigenvalue weighted by Crippen LogP contribution is -2.25. The van der Waals surface area contributed by atoms with Crippen molar-refractivity contribution in [1.82, 2.24) is 5.43 Å². The number of rotatable bonds is 2. The Labute approximate surface area is 101 Å². The van der Waals surface area contributed by atoms with Crippen LogP contribution in [0.3, 0.4) is 0 Å². The Balaban J connectivity index is 2.32. The summed E-state index contributed by atoms with van der Waals surface area (Å²) in [6.07, 6.45) is 4.71. The molecule has 17 heavy (non-hydrogen) atoms. The number of primary amides is 1. The van der Waals surface area contributed by atoms with Crippen LogP contribution in [0.4, 0.5) is 4.79 Å². The van der Waals surface area contributed by atoms with E-state index < -0.39 is 6.03 Å². The summed E-state index contributed by atoms with van der Waals surface area (Å²) in [5, 5.41) is 3.99. The number of carbonyl (C=O) groups excluding carboxylic acids is 1. The third kappa shape index (κ3) is 2.64. The number of nitrogens with zero attached hydrogens (tertiary/aromatic N) is 1. The summed E-state index contributed by atoms with van der Waals surface area (Å²) in [5.74, 6) is 0. The van der Waals surface area contributed by atoms with Crippen LogP contribution in [0.2, 0.25) is 0 Å². The van der Waals surface area contributed by atoms with E-state index in [-0.39, 0.29) is 0 Å². The van der Waals surface area contributed by atoms with E-state index in [4.69, 9.17) is 5.73 Å². The van der Waals surface area contributed by atoms with E-state index in [1.807, 2.05) is 19.1 Å². The highest BCUT2D eigenvalue weighted by atomic mass is 16.2. The van der Waals surface area contributed by atoms with E-state index in [9.17, 15) is 4.79 Å². The first-order chi connectivity index (χ1) is 8.18. The first kappa shape index (κ1) is 11.6. The lowest BCUT2D eigenvalue weighted by atomic mass is 9.87. The number of fused-ring (bicyclic) bond motifs is 1. The number of aryl methyl sites for hydroxylation is 1. The van der Waals surface area contributed by atoms with Crippen molar-refractivity contribution >= 4 is 11.7 Å². The Morgan fingerprint density at radius 3 is 2.88 bits per heavy atom. The molecule has 1 aliphatic rings. The second-order valence-corrected chi connectivity index (χ2v) is 4.32. The van der Waals surface area contributed by atoms with Crippen LogP contribution in [-0.4, -0.2) is 11.7 Å². The number of benzene rings is 1. The van der Waals surface area contributed by atoms with Gasteiger partial charge in [-0.05, 0) is 43.7 Å². The largest absolute Gasteiger partial charge is 0.350 e. The summed E-state index contributed by atoms with van der Waals surface area (Å²) in [7, 11) is 0. The van der Waals surface area contributed by atoms with Crippen molar-refractivity contribution < 1.29 is 4.79 Å². The van der Waals surface area contributed by atoms with Crippen molar-refractivity contribution in [3.05, 3.63) is 34.9 Å². The minimum absolute atomic E-state index is 0.630. The Morgan fingerprint density at radius 1 is 1.35 bits per heavy atom. The molecular weight excluding hydrogens is 214 g/mol.